The first-order valence-corrected chi connectivity index (χ1v) is 5.65. The fraction of sp³-hybridized carbons (Fsp3) is 0.375. The van der Waals surface area contributed by atoms with E-state index in [2.05, 4.69) is 20.9 Å². The molecule has 78 valence electrons. The number of aromatic nitrogens is 1. The van der Waals surface area contributed by atoms with E-state index in [9.17, 15) is 13.2 Å². The zero-order valence-corrected chi connectivity index (χ0v) is 9.36. The van der Waals surface area contributed by atoms with Crippen molar-refractivity contribution in [1.82, 2.24) is 4.98 Å². The number of hydrogen-bond donors (Lipinski definition) is 0. The number of nitrogens with zero attached hydrogens (tertiary/aromatic N) is 1. The fourth-order valence-corrected chi connectivity index (χ4v) is 1.90. The van der Waals surface area contributed by atoms with E-state index in [1.165, 1.54) is 0 Å². The van der Waals surface area contributed by atoms with Crippen LogP contribution in [-0.2, 0) is 0 Å². The van der Waals surface area contributed by atoms with E-state index in [1.807, 2.05) is 0 Å². The Bertz CT molecular complexity index is 278. The number of hydrogen-bond acceptors (Lipinski definition) is 2. The summed E-state index contributed by atoms with van der Waals surface area (Å²) in [6.07, 6.45) is -2.64. The van der Waals surface area contributed by atoms with Crippen LogP contribution in [0.4, 0.5) is 13.2 Å². The van der Waals surface area contributed by atoms with Gasteiger partial charge in [-0.15, -0.1) is 11.8 Å². The molecule has 1 heterocycles. The molecule has 0 saturated heterocycles. The molecule has 0 aliphatic rings. The molecule has 0 saturated carbocycles. The third kappa shape index (κ3) is 3.88. The molecule has 0 radical (unpaired) electrons. The van der Waals surface area contributed by atoms with Gasteiger partial charge in [-0.3, -0.25) is 0 Å². The number of halogens is 4. The van der Waals surface area contributed by atoms with Crippen molar-refractivity contribution in [3.63, 3.8) is 0 Å². The van der Waals surface area contributed by atoms with Crippen LogP contribution < -0.4 is 0 Å². The maximum Gasteiger partial charge on any atom is 0.402 e. The predicted octanol–water partition coefficient (Wildman–Crippen LogP) is 3.50. The number of pyridine rings is 1. The standard InChI is InChI=1S/C8H7BrF3NS/c9-6(8(10,11)12)5-14-7-3-1-2-4-13-7/h1-4,6H,5H2. The van der Waals surface area contributed by atoms with Gasteiger partial charge < -0.3 is 0 Å². The van der Waals surface area contributed by atoms with E-state index >= 15 is 0 Å². The fourth-order valence-electron chi connectivity index (χ4n) is 0.686. The van der Waals surface area contributed by atoms with Crippen molar-refractivity contribution in [2.75, 3.05) is 5.75 Å². The van der Waals surface area contributed by atoms with Crippen LogP contribution >= 0.6 is 27.7 Å². The zero-order chi connectivity index (χ0) is 10.6. The molecule has 0 fully saturated rings. The molecule has 0 N–H and O–H groups in total. The SMILES string of the molecule is FC(F)(F)C(Br)CSc1ccccn1. The van der Waals surface area contributed by atoms with Gasteiger partial charge in [-0.1, -0.05) is 22.0 Å². The predicted molar refractivity (Wildman–Crippen MR) is 53.7 cm³/mol. The van der Waals surface area contributed by atoms with Gasteiger partial charge in [-0.05, 0) is 12.1 Å². The lowest BCUT2D eigenvalue weighted by Gasteiger charge is -2.12. The van der Waals surface area contributed by atoms with Crippen molar-refractivity contribution in [2.24, 2.45) is 0 Å². The smallest absolute Gasteiger partial charge is 0.250 e. The van der Waals surface area contributed by atoms with Crippen LogP contribution in [0.2, 0.25) is 0 Å². The van der Waals surface area contributed by atoms with Crippen molar-refractivity contribution in [1.29, 1.82) is 0 Å². The van der Waals surface area contributed by atoms with E-state index in [1.54, 1.807) is 24.4 Å². The highest BCUT2D eigenvalue weighted by atomic mass is 79.9. The normalized spacial score (nSPS) is 14.0. The Morgan fingerprint density at radius 1 is 1.43 bits per heavy atom. The molecule has 1 atom stereocenters. The van der Waals surface area contributed by atoms with E-state index in [-0.39, 0.29) is 5.75 Å². The summed E-state index contributed by atoms with van der Waals surface area (Å²) >= 11 is 3.66. The minimum absolute atomic E-state index is 0.0689. The lowest BCUT2D eigenvalue weighted by molar-refractivity contribution is -0.122. The molecule has 1 rings (SSSR count). The third-order valence-corrected chi connectivity index (χ3v) is 3.68. The summed E-state index contributed by atoms with van der Waals surface area (Å²) in [4.78, 5) is 2.42. The highest BCUT2D eigenvalue weighted by Crippen LogP contribution is 2.30. The number of rotatable bonds is 3. The number of thioether (sulfide) groups is 1. The Kier molecular flexibility index (Phi) is 4.25. The summed E-state index contributed by atoms with van der Waals surface area (Å²) in [7, 11) is 0. The van der Waals surface area contributed by atoms with Gasteiger partial charge in [0, 0.05) is 11.9 Å². The molecule has 0 aromatic carbocycles. The van der Waals surface area contributed by atoms with E-state index in [0.717, 1.165) is 11.8 Å². The summed E-state index contributed by atoms with van der Waals surface area (Å²) in [5.74, 6) is -0.0689. The highest BCUT2D eigenvalue weighted by Gasteiger charge is 2.37. The summed E-state index contributed by atoms with van der Waals surface area (Å²) < 4.78 is 36.2. The number of alkyl halides is 4. The molecule has 0 amide bonds. The Morgan fingerprint density at radius 2 is 2.14 bits per heavy atom. The van der Waals surface area contributed by atoms with Gasteiger partial charge in [0.15, 0.2) is 0 Å². The van der Waals surface area contributed by atoms with Gasteiger partial charge in [0.05, 0.1) is 5.03 Å². The molecule has 0 spiro atoms. The summed E-state index contributed by atoms with van der Waals surface area (Å²) in [5, 5.41) is 0.598. The molecule has 1 nitrogen and oxygen atoms in total. The average molecular weight is 286 g/mol. The van der Waals surface area contributed by atoms with E-state index < -0.39 is 11.0 Å². The van der Waals surface area contributed by atoms with Crippen molar-refractivity contribution in [3.8, 4) is 0 Å². The molecule has 0 aliphatic carbocycles. The zero-order valence-electron chi connectivity index (χ0n) is 6.96. The molecule has 1 unspecified atom stereocenters. The van der Waals surface area contributed by atoms with Crippen LogP contribution in [0, 0.1) is 0 Å². The van der Waals surface area contributed by atoms with Crippen molar-refractivity contribution < 1.29 is 13.2 Å². The van der Waals surface area contributed by atoms with Crippen LogP contribution in [0.1, 0.15) is 0 Å². The largest absolute Gasteiger partial charge is 0.402 e. The Labute approximate surface area is 92.2 Å². The summed E-state index contributed by atoms with van der Waals surface area (Å²) in [6.45, 7) is 0. The minimum Gasteiger partial charge on any atom is -0.250 e. The molecule has 6 heteroatoms. The second-order valence-electron chi connectivity index (χ2n) is 2.49. The quantitative estimate of drug-likeness (QED) is 0.623. The summed E-state index contributed by atoms with van der Waals surface area (Å²) in [6, 6.07) is 5.15. The van der Waals surface area contributed by atoms with Gasteiger partial charge in [-0.2, -0.15) is 13.2 Å². The lowest BCUT2D eigenvalue weighted by atomic mass is 10.5. The minimum atomic E-state index is -4.19. The van der Waals surface area contributed by atoms with Gasteiger partial charge in [0.25, 0.3) is 0 Å². The van der Waals surface area contributed by atoms with E-state index in [0.29, 0.717) is 5.03 Å². The topological polar surface area (TPSA) is 12.9 Å². The first kappa shape index (κ1) is 11.8. The van der Waals surface area contributed by atoms with Crippen molar-refractivity contribution in [3.05, 3.63) is 24.4 Å². The monoisotopic (exact) mass is 285 g/mol. The lowest BCUT2D eigenvalue weighted by Crippen LogP contribution is -2.24. The van der Waals surface area contributed by atoms with Crippen LogP contribution in [-0.4, -0.2) is 21.7 Å². The van der Waals surface area contributed by atoms with Gasteiger partial charge >= 0.3 is 6.18 Å². The summed E-state index contributed by atoms with van der Waals surface area (Å²) in [5.41, 5.74) is 0. The molecule has 1 aromatic heterocycles. The maximum atomic E-state index is 12.1. The molecule has 1 aromatic rings. The Morgan fingerprint density at radius 3 is 2.64 bits per heavy atom. The third-order valence-electron chi connectivity index (χ3n) is 1.37. The Balaban J connectivity index is 2.42. The van der Waals surface area contributed by atoms with Crippen LogP contribution in [0.3, 0.4) is 0 Å². The average Bonchev–Trinajstić information content (AvgIpc) is 2.14. The molecule has 0 aliphatic heterocycles. The first-order chi connectivity index (χ1) is 6.50. The van der Waals surface area contributed by atoms with Gasteiger partial charge in [-0.25, -0.2) is 4.98 Å². The van der Waals surface area contributed by atoms with Gasteiger partial charge in [0.1, 0.15) is 4.83 Å². The molecular formula is C8H7BrF3NS. The van der Waals surface area contributed by atoms with Crippen LogP contribution in [0.25, 0.3) is 0 Å². The highest BCUT2D eigenvalue weighted by molar-refractivity contribution is 9.09. The van der Waals surface area contributed by atoms with E-state index in [4.69, 9.17) is 0 Å². The van der Waals surface area contributed by atoms with Crippen LogP contribution in [0.5, 0.6) is 0 Å². The van der Waals surface area contributed by atoms with Crippen molar-refractivity contribution >= 4 is 27.7 Å². The second kappa shape index (κ2) is 5.02. The van der Waals surface area contributed by atoms with Crippen LogP contribution in [0.15, 0.2) is 29.4 Å². The molecule has 0 bridgehead atoms. The molecule has 14 heavy (non-hydrogen) atoms. The second-order valence-corrected chi connectivity index (χ2v) is 4.63. The molecular weight excluding hydrogens is 279 g/mol. The Hall–Kier alpha value is -0.230. The van der Waals surface area contributed by atoms with Crippen molar-refractivity contribution in [2.45, 2.75) is 16.0 Å². The first-order valence-electron chi connectivity index (χ1n) is 3.75. The maximum absolute atomic E-state index is 12.1. The van der Waals surface area contributed by atoms with Gasteiger partial charge in [0.2, 0.25) is 0 Å².